The van der Waals surface area contributed by atoms with Crippen LogP contribution in [-0.2, 0) is 9.53 Å². The maximum Gasteiger partial charge on any atom is 0.381 e. The molecule has 0 aliphatic rings. The zero-order chi connectivity index (χ0) is 11.6. The maximum atomic E-state index is 11.2. The second kappa shape index (κ2) is 4.07. The number of aromatic nitrogens is 2. The molecule has 0 saturated carbocycles. The fourth-order valence-corrected chi connectivity index (χ4v) is 1.23. The van der Waals surface area contributed by atoms with Crippen LogP contribution in [0.3, 0.4) is 0 Å². The summed E-state index contributed by atoms with van der Waals surface area (Å²) in [6, 6.07) is -0.615. The molecule has 15 heavy (non-hydrogen) atoms. The summed E-state index contributed by atoms with van der Waals surface area (Å²) in [6.45, 7) is 3.18. The van der Waals surface area contributed by atoms with Crippen LogP contribution in [0.1, 0.15) is 18.8 Å². The zero-order valence-electron chi connectivity index (χ0n) is 8.63. The van der Waals surface area contributed by atoms with Crippen LogP contribution < -0.4 is 0 Å². The van der Waals surface area contributed by atoms with Crippen molar-refractivity contribution in [2.75, 3.05) is 7.11 Å². The molecule has 0 N–H and O–H groups in total. The summed E-state index contributed by atoms with van der Waals surface area (Å²) in [6.07, 6.45) is 1.22. The van der Waals surface area contributed by atoms with Crippen LogP contribution in [-0.4, -0.2) is 27.6 Å². The smallest absolute Gasteiger partial charge is 0.381 e. The monoisotopic (exact) mass is 213 g/mol. The summed E-state index contributed by atoms with van der Waals surface area (Å²) >= 11 is 0. The number of ether oxygens (including phenoxy) is 1. The van der Waals surface area contributed by atoms with E-state index in [2.05, 4.69) is 9.72 Å². The lowest BCUT2D eigenvalue weighted by Gasteiger charge is -2.09. The van der Waals surface area contributed by atoms with Crippen LogP contribution in [0.2, 0.25) is 0 Å². The summed E-state index contributed by atoms with van der Waals surface area (Å²) in [7, 11) is 1.26. The molecule has 1 aromatic heterocycles. The molecule has 0 aliphatic carbocycles. The lowest BCUT2D eigenvalue weighted by Crippen LogP contribution is -2.18. The van der Waals surface area contributed by atoms with Gasteiger partial charge in [0.05, 0.1) is 7.11 Å². The van der Waals surface area contributed by atoms with Gasteiger partial charge in [0.15, 0.2) is 0 Å². The summed E-state index contributed by atoms with van der Waals surface area (Å²) in [5.74, 6) is -0.340. The highest BCUT2D eigenvalue weighted by Crippen LogP contribution is 2.16. The van der Waals surface area contributed by atoms with Crippen LogP contribution in [0.25, 0.3) is 0 Å². The number of carbonyl (C=O) groups excluding carboxylic acids is 1. The molecule has 7 heteroatoms. The molecule has 0 unspecified atom stereocenters. The first-order chi connectivity index (χ1) is 6.97. The lowest BCUT2D eigenvalue weighted by atomic mass is 10.3. The molecule has 0 saturated heterocycles. The average Bonchev–Trinajstić information content (AvgIpc) is 2.58. The fraction of sp³-hybridized carbons (Fsp3) is 0.500. The largest absolute Gasteiger partial charge is 0.467 e. The number of hydrogen-bond donors (Lipinski definition) is 0. The molecule has 0 radical (unpaired) electrons. The van der Waals surface area contributed by atoms with Gasteiger partial charge in [0.25, 0.3) is 0 Å². The van der Waals surface area contributed by atoms with E-state index in [1.54, 1.807) is 13.8 Å². The fourth-order valence-electron chi connectivity index (χ4n) is 1.23. The summed E-state index contributed by atoms with van der Waals surface area (Å²) in [5.41, 5.74) is 0. The van der Waals surface area contributed by atoms with Crippen molar-refractivity contribution in [2.24, 2.45) is 0 Å². The molecule has 0 aromatic carbocycles. The molecule has 1 atom stereocenters. The Balaban J connectivity index is 3.04. The van der Waals surface area contributed by atoms with Crippen molar-refractivity contribution in [1.29, 1.82) is 0 Å². The third-order valence-corrected chi connectivity index (χ3v) is 2.05. The Morgan fingerprint density at radius 1 is 1.73 bits per heavy atom. The van der Waals surface area contributed by atoms with E-state index < -0.39 is 16.9 Å². The van der Waals surface area contributed by atoms with Crippen LogP contribution >= 0.6 is 0 Å². The Bertz CT molecular complexity index is 399. The van der Waals surface area contributed by atoms with E-state index in [0.717, 1.165) is 0 Å². The Kier molecular flexibility index (Phi) is 3.03. The minimum atomic E-state index is -0.615. The number of aryl methyl sites for hydroxylation is 1. The van der Waals surface area contributed by atoms with Gasteiger partial charge >= 0.3 is 11.8 Å². The molecule has 0 aliphatic heterocycles. The predicted octanol–water partition coefficient (Wildman–Crippen LogP) is 0.834. The summed E-state index contributed by atoms with van der Waals surface area (Å²) in [5, 5.41) is 10.4. The molecule has 7 nitrogen and oxygen atoms in total. The van der Waals surface area contributed by atoms with E-state index in [1.165, 1.54) is 17.9 Å². The predicted molar refractivity (Wildman–Crippen MR) is 50.3 cm³/mol. The van der Waals surface area contributed by atoms with Gasteiger partial charge in [-0.15, -0.1) is 0 Å². The lowest BCUT2D eigenvalue weighted by molar-refractivity contribution is -0.389. The molecular formula is C8H11N3O4. The van der Waals surface area contributed by atoms with Crippen LogP contribution in [0.5, 0.6) is 0 Å². The van der Waals surface area contributed by atoms with Crippen molar-refractivity contribution >= 4 is 11.8 Å². The van der Waals surface area contributed by atoms with Gasteiger partial charge in [-0.2, -0.15) is 0 Å². The highest BCUT2D eigenvalue weighted by Gasteiger charge is 2.23. The van der Waals surface area contributed by atoms with Gasteiger partial charge in [0.1, 0.15) is 12.2 Å². The SMILES string of the molecule is COC(=O)[C@@H](C)n1cc([N+](=O)[O-])nc1C. The van der Waals surface area contributed by atoms with E-state index >= 15 is 0 Å². The average molecular weight is 213 g/mol. The van der Waals surface area contributed by atoms with E-state index in [-0.39, 0.29) is 5.82 Å². The van der Waals surface area contributed by atoms with Crippen LogP contribution in [0.4, 0.5) is 5.82 Å². The minimum absolute atomic E-state index is 0.275. The molecule has 0 fully saturated rings. The molecule has 1 rings (SSSR count). The number of nitro groups is 1. The van der Waals surface area contributed by atoms with Crippen molar-refractivity contribution in [1.82, 2.24) is 9.55 Å². The first-order valence-electron chi connectivity index (χ1n) is 4.25. The summed E-state index contributed by atoms with van der Waals surface area (Å²) in [4.78, 5) is 24.7. The highest BCUT2D eigenvalue weighted by atomic mass is 16.6. The number of nitrogens with zero attached hydrogens (tertiary/aromatic N) is 3. The van der Waals surface area contributed by atoms with Gasteiger partial charge in [-0.1, -0.05) is 0 Å². The van der Waals surface area contributed by atoms with Gasteiger partial charge in [-0.3, -0.25) is 4.57 Å². The second-order valence-electron chi connectivity index (χ2n) is 3.01. The van der Waals surface area contributed by atoms with Crippen molar-refractivity contribution in [3.8, 4) is 0 Å². The standard InChI is InChI=1S/C8H11N3O4/c1-5(8(12)15-3)10-4-7(11(13)14)9-6(10)2/h4-5H,1-3H3/t5-/m1/s1. The maximum absolute atomic E-state index is 11.2. The zero-order valence-corrected chi connectivity index (χ0v) is 8.63. The minimum Gasteiger partial charge on any atom is -0.467 e. The first kappa shape index (κ1) is 11.2. The molecule has 1 heterocycles. The normalized spacial score (nSPS) is 12.2. The number of methoxy groups -OCH3 is 1. The van der Waals surface area contributed by atoms with Gasteiger partial charge in [-0.25, -0.2) is 4.79 Å². The number of esters is 1. The molecular weight excluding hydrogens is 202 g/mol. The quantitative estimate of drug-likeness (QED) is 0.421. The number of hydrogen-bond acceptors (Lipinski definition) is 5. The molecule has 0 spiro atoms. The Morgan fingerprint density at radius 3 is 2.73 bits per heavy atom. The third-order valence-electron chi connectivity index (χ3n) is 2.05. The van der Waals surface area contributed by atoms with Gasteiger partial charge in [-0.05, 0) is 16.8 Å². The van der Waals surface area contributed by atoms with Crippen molar-refractivity contribution in [3.63, 3.8) is 0 Å². The molecule has 82 valence electrons. The Morgan fingerprint density at radius 2 is 2.33 bits per heavy atom. The molecule has 1 aromatic rings. The van der Waals surface area contributed by atoms with Crippen molar-refractivity contribution in [2.45, 2.75) is 19.9 Å². The van der Waals surface area contributed by atoms with Crippen LogP contribution in [0, 0.1) is 17.0 Å². The van der Waals surface area contributed by atoms with E-state index in [4.69, 9.17) is 0 Å². The van der Waals surface area contributed by atoms with Crippen LogP contribution in [0.15, 0.2) is 6.20 Å². The Hall–Kier alpha value is -1.92. The van der Waals surface area contributed by atoms with Crippen molar-refractivity contribution in [3.05, 3.63) is 22.1 Å². The third kappa shape index (κ3) is 2.12. The highest BCUT2D eigenvalue weighted by molar-refractivity contribution is 5.73. The van der Waals surface area contributed by atoms with Gasteiger partial charge in [0.2, 0.25) is 5.82 Å². The van der Waals surface area contributed by atoms with Gasteiger partial charge in [0, 0.05) is 6.92 Å². The van der Waals surface area contributed by atoms with E-state index in [1.807, 2.05) is 0 Å². The van der Waals surface area contributed by atoms with E-state index in [9.17, 15) is 14.9 Å². The van der Waals surface area contributed by atoms with Crippen molar-refractivity contribution < 1.29 is 14.5 Å². The van der Waals surface area contributed by atoms with E-state index in [0.29, 0.717) is 5.82 Å². The number of carbonyl (C=O) groups is 1. The number of rotatable bonds is 3. The second-order valence-corrected chi connectivity index (χ2v) is 3.01. The number of imidazole rings is 1. The summed E-state index contributed by atoms with van der Waals surface area (Å²) < 4.78 is 5.94. The molecule has 0 bridgehead atoms. The topological polar surface area (TPSA) is 87.3 Å². The van der Waals surface area contributed by atoms with Gasteiger partial charge < -0.3 is 14.9 Å². The first-order valence-corrected chi connectivity index (χ1v) is 4.25. The molecule has 0 amide bonds. The Labute approximate surface area is 85.8 Å².